The maximum Gasteiger partial charge on any atom is 0.325 e. The number of carbonyl (C=O) groups excluding carboxylic acids is 2. The number of hydrogen-bond acceptors (Lipinski definition) is 4. The van der Waals surface area contributed by atoms with Crippen LogP contribution in [0.2, 0.25) is 0 Å². The van der Waals surface area contributed by atoms with Gasteiger partial charge in [0.2, 0.25) is 0 Å². The highest BCUT2D eigenvalue weighted by molar-refractivity contribution is 5.94. The fourth-order valence-electron chi connectivity index (χ4n) is 4.07. The lowest BCUT2D eigenvalue weighted by atomic mass is 10.1. The molecule has 0 saturated carbocycles. The summed E-state index contributed by atoms with van der Waals surface area (Å²) in [5.74, 6) is -1.45. The number of halogens is 2. The van der Waals surface area contributed by atoms with Gasteiger partial charge in [0.1, 0.15) is 11.6 Å². The van der Waals surface area contributed by atoms with E-state index >= 15 is 0 Å². The predicted octanol–water partition coefficient (Wildman–Crippen LogP) is 4.34. The van der Waals surface area contributed by atoms with Crippen LogP contribution in [-0.2, 0) is 6.54 Å². The van der Waals surface area contributed by atoms with E-state index in [4.69, 9.17) is 5.21 Å². The first-order valence-corrected chi connectivity index (χ1v) is 11.2. The molecule has 0 spiro atoms. The van der Waals surface area contributed by atoms with Gasteiger partial charge in [-0.2, -0.15) is 0 Å². The Morgan fingerprint density at radius 3 is 2.20 bits per heavy atom. The maximum absolute atomic E-state index is 14.9. The molecule has 35 heavy (non-hydrogen) atoms. The summed E-state index contributed by atoms with van der Waals surface area (Å²) in [4.78, 5) is 30.3. The van der Waals surface area contributed by atoms with E-state index in [1.807, 2.05) is 0 Å². The molecule has 3 aromatic carbocycles. The lowest BCUT2D eigenvalue weighted by Gasteiger charge is -2.38. The van der Waals surface area contributed by atoms with Gasteiger partial charge < -0.3 is 9.80 Å². The zero-order valence-electron chi connectivity index (χ0n) is 19.2. The molecule has 0 bridgehead atoms. The van der Waals surface area contributed by atoms with Crippen LogP contribution < -0.4 is 15.3 Å². The number of urea groups is 1. The van der Waals surface area contributed by atoms with E-state index in [9.17, 15) is 18.4 Å². The molecule has 0 atom stereocenters. The van der Waals surface area contributed by atoms with Gasteiger partial charge in [-0.15, -0.1) is 0 Å². The summed E-state index contributed by atoms with van der Waals surface area (Å²) in [5.41, 5.74) is 4.32. The van der Waals surface area contributed by atoms with Gasteiger partial charge in [-0.1, -0.05) is 18.2 Å². The first-order valence-electron chi connectivity index (χ1n) is 11.2. The van der Waals surface area contributed by atoms with Crippen LogP contribution in [0.3, 0.4) is 0 Å². The van der Waals surface area contributed by atoms with E-state index in [0.29, 0.717) is 31.7 Å². The van der Waals surface area contributed by atoms with Crippen LogP contribution in [0.15, 0.2) is 66.7 Å². The SMILES string of the molecule is Cc1ccc(N(Cc2ccc(C(=O)NO)cc2)C(=O)N2CCN(c3ccc(F)cc3)CC2)c(F)c1. The normalized spacial score (nSPS) is 13.5. The molecule has 3 amide bonds. The molecule has 1 heterocycles. The van der Waals surface area contributed by atoms with Gasteiger partial charge in [0, 0.05) is 37.4 Å². The smallest absolute Gasteiger partial charge is 0.325 e. The monoisotopic (exact) mass is 480 g/mol. The zero-order chi connectivity index (χ0) is 24.9. The molecule has 0 radical (unpaired) electrons. The quantitative estimate of drug-likeness (QED) is 0.421. The number of piperazine rings is 1. The third-order valence-corrected chi connectivity index (χ3v) is 6.03. The summed E-state index contributed by atoms with van der Waals surface area (Å²) in [6.07, 6.45) is 0. The molecule has 0 aromatic heterocycles. The van der Waals surface area contributed by atoms with E-state index in [2.05, 4.69) is 4.90 Å². The molecule has 3 aromatic rings. The van der Waals surface area contributed by atoms with Crippen LogP contribution in [0.25, 0.3) is 0 Å². The van der Waals surface area contributed by atoms with Gasteiger partial charge in [-0.25, -0.2) is 19.1 Å². The number of anilines is 2. The lowest BCUT2D eigenvalue weighted by molar-refractivity contribution is 0.0706. The Hall–Kier alpha value is -3.98. The van der Waals surface area contributed by atoms with Crippen molar-refractivity contribution in [3.8, 4) is 0 Å². The molecule has 1 saturated heterocycles. The van der Waals surface area contributed by atoms with Gasteiger partial charge in [0.15, 0.2) is 0 Å². The Labute approximate surface area is 202 Å². The Bertz CT molecular complexity index is 1190. The minimum absolute atomic E-state index is 0.0953. The topological polar surface area (TPSA) is 76.1 Å². The van der Waals surface area contributed by atoms with Crippen molar-refractivity contribution >= 4 is 23.3 Å². The van der Waals surface area contributed by atoms with Crippen molar-refractivity contribution in [1.29, 1.82) is 0 Å². The predicted molar refractivity (Wildman–Crippen MR) is 129 cm³/mol. The van der Waals surface area contributed by atoms with Crippen molar-refractivity contribution in [3.05, 3.63) is 95.1 Å². The van der Waals surface area contributed by atoms with Crippen molar-refractivity contribution < 1.29 is 23.6 Å². The van der Waals surface area contributed by atoms with Crippen LogP contribution in [0.1, 0.15) is 21.5 Å². The van der Waals surface area contributed by atoms with E-state index in [1.54, 1.807) is 53.7 Å². The fourth-order valence-corrected chi connectivity index (χ4v) is 4.07. The second-order valence-electron chi connectivity index (χ2n) is 8.41. The minimum atomic E-state index is -0.645. The Morgan fingerprint density at radius 1 is 0.943 bits per heavy atom. The third kappa shape index (κ3) is 5.58. The first-order chi connectivity index (χ1) is 16.9. The molecule has 9 heteroatoms. The van der Waals surface area contributed by atoms with Crippen LogP contribution in [0, 0.1) is 18.6 Å². The fraction of sp³-hybridized carbons (Fsp3) is 0.231. The Balaban J connectivity index is 1.53. The molecule has 1 aliphatic heterocycles. The standard InChI is InChI=1S/C26H26F2N4O3/c1-18-2-11-24(23(28)16-18)32(17-19-3-5-20(6-4-19)25(33)29-35)26(34)31-14-12-30(13-15-31)22-9-7-21(27)8-10-22/h2-11,16,35H,12-15,17H2,1H3,(H,29,33). The summed E-state index contributed by atoms with van der Waals surface area (Å²) < 4.78 is 28.2. The number of rotatable bonds is 5. The summed E-state index contributed by atoms with van der Waals surface area (Å²) in [5, 5.41) is 8.81. The van der Waals surface area contributed by atoms with Crippen molar-refractivity contribution in [2.75, 3.05) is 36.0 Å². The van der Waals surface area contributed by atoms with Gasteiger partial charge in [0.05, 0.1) is 12.2 Å². The van der Waals surface area contributed by atoms with Crippen molar-refractivity contribution in [2.45, 2.75) is 13.5 Å². The number of amides is 3. The van der Waals surface area contributed by atoms with Crippen LogP contribution in [-0.4, -0.2) is 48.2 Å². The number of nitrogens with zero attached hydrogens (tertiary/aromatic N) is 3. The summed E-state index contributed by atoms with van der Waals surface area (Å²) in [6.45, 7) is 3.85. The molecule has 7 nitrogen and oxygen atoms in total. The van der Waals surface area contributed by atoms with Crippen molar-refractivity contribution in [1.82, 2.24) is 10.4 Å². The highest BCUT2D eigenvalue weighted by atomic mass is 19.1. The summed E-state index contributed by atoms with van der Waals surface area (Å²) >= 11 is 0. The average Bonchev–Trinajstić information content (AvgIpc) is 2.88. The van der Waals surface area contributed by atoms with Gasteiger partial charge in [-0.3, -0.25) is 14.9 Å². The molecule has 2 N–H and O–H groups in total. The number of aryl methyl sites for hydroxylation is 1. The van der Waals surface area contributed by atoms with E-state index in [0.717, 1.165) is 11.3 Å². The number of carbonyl (C=O) groups is 2. The molecule has 1 aliphatic rings. The van der Waals surface area contributed by atoms with E-state index in [1.165, 1.54) is 35.2 Å². The second kappa shape index (κ2) is 10.5. The Kier molecular flexibility index (Phi) is 7.26. The zero-order valence-corrected chi connectivity index (χ0v) is 19.2. The highest BCUT2D eigenvalue weighted by Gasteiger charge is 2.28. The van der Waals surface area contributed by atoms with Gasteiger partial charge in [-0.05, 0) is 66.6 Å². The molecule has 182 valence electrons. The molecule has 0 aliphatic carbocycles. The number of hydroxylamine groups is 1. The maximum atomic E-state index is 14.9. The largest absolute Gasteiger partial charge is 0.368 e. The minimum Gasteiger partial charge on any atom is -0.368 e. The van der Waals surface area contributed by atoms with E-state index < -0.39 is 11.7 Å². The molecule has 4 rings (SSSR count). The van der Waals surface area contributed by atoms with Crippen molar-refractivity contribution in [3.63, 3.8) is 0 Å². The summed E-state index contributed by atoms with van der Waals surface area (Å²) in [7, 11) is 0. The van der Waals surface area contributed by atoms with Crippen LogP contribution in [0.4, 0.5) is 25.0 Å². The van der Waals surface area contributed by atoms with Crippen LogP contribution in [0.5, 0.6) is 0 Å². The van der Waals surface area contributed by atoms with Crippen LogP contribution >= 0.6 is 0 Å². The molecule has 0 unspecified atom stereocenters. The second-order valence-corrected chi connectivity index (χ2v) is 8.41. The van der Waals surface area contributed by atoms with Gasteiger partial charge >= 0.3 is 6.03 Å². The lowest BCUT2D eigenvalue weighted by Crippen LogP contribution is -2.53. The molecular formula is C26H26F2N4O3. The first kappa shape index (κ1) is 24.2. The third-order valence-electron chi connectivity index (χ3n) is 6.03. The Morgan fingerprint density at radius 2 is 1.60 bits per heavy atom. The van der Waals surface area contributed by atoms with Crippen molar-refractivity contribution in [2.24, 2.45) is 0 Å². The van der Waals surface area contributed by atoms with E-state index in [-0.39, 0.29) is 29.6 Å². The number of hydrogen-bond donors (Lipinski definition) is 2. The molecule has 1 fully saturated rings. The highest BCUT2D eigenvalue weighted by Crippen LogP contribution is 2.25. The number of benzene rings is 3. The molecular weight excluding hydrogens is 454 g/mol. The number of nitrogens with one attached hydrogen (secondary N) is 1. The average molecular weight is 481 g/mol. The summed E-state index contributed by atoms with van der Waals surface area (Å²) in [6, 6.07) is 17.0. The van der Waals surface area contributed by atoms with Gasteiger partial charge in [0.25, 0.3) is 5.91 Å².